The van der Waals surface area contributed by atoms with Crippen molar-refractivity contribution in [2.24, 2.45) is 0 Å². The van der Waals surface area contributed by atoms with Crippen LogP contribution in [-0.2, 0) is 0 Å². The van der Waals surface area contributed by atoms with Crippen molar-refractivity contribution >= 4 is 0 Å². The maximum atomic E-state index is 3.84. The molecule has 2 heteroatoms. The minimum Gasteiger partial charge on any atom is -0.310 e. The summed E-state index contributed by atoms with van der Waals surface area (Å²) in [4.78, 5) is 2.53. The van der Waals surface area contributed by atoms with Gasteiger partial charge in [-0.2, -0.15) is 0 Å². The average molecular weight is 226 g/mol. The summed E-state index contributed by atoms with van der Waals surface area (Å²) in [6.07, 6.45) is 7.90. The van der Waals surface area contributed by atoms with Gasteiger partial charge in [0.15, 0.2) is 0 Å². The lowest BCUT2D eigenvalue weighted by Crippen LogP contribution is -2.51. The highest BCUT2D eigenvalue weighted by Crippen LogP contribution is 2.21. The number of rotatable bonds is 6. The van der Waals surface area contributed by atoms with Gasteiger partial charge in [0.1, 0.15) is 0 Å². The number of likely N-dealkylation sites (tertiary alicyclic amines) is 1. The maximum Gasteiger partial charge on any atom is 0.0217 e. The monoisotopic (exact) mass is 226 g/mol. The second-order valence-corrected chi connectivity index (χ2v) is 5.35. The number of hydrogen-bond acceptors (Lipinski definition) is 2. The molecule has 1 unspecified atom stereocenters. The molecule has 0 aromatic carbocycles. The van der Waals surface area contributed by atoms with Crippen LogP contribution >= 0.6 is 0 Å². The SMILES string of the molecule is CCC(CC)(CC)NCC1CCCCN1C. The van der Waals surface area contributed by atoms with Crippen molar-refractivity contribution in [3.05, 3.63) is 0 Å². The summed E-state index contributed by atoms with van der Waals surface area (Å²) >= 11 is 0. The molecule has 0 aliphatic carbocycles. The molecule has 0 amide bonds. The first-order valence-corrected chi connectivity index (χ1v) is 7.12. The Morgan fingerprint density at radius 1 is 1.12 bits per heavy atom. The van der Waals surface area contributed by atoms with Crippen LogP contribution in [0.2, 0.25) is 0 Å². The van der Waals surface area contributed by atoms with Crippen molar-refractivity contribution in [3.63, 3.8) is 0 Å². The Balaban J connectivity index is 2.41. The van der Waals surface area contributed by atoms with Gasteiger partial charge in [-0.25, -0.2) is 0 Å². The fourth-order valence-corrected chi connectivity index (χ4v) is 2.86. The topological polar surface area (TPSA) is 15.3 Å². The van der Waals surface area contributed by atoms with Crippen LogP contribution < -0.4 is 5.32 Å². The molecule has 1 rings (SSSR count). The Morgan fingerprint density at radius 2 is 1.75 bits per heavy atom. The Morgan fingerprint density at radius 3 is 2.25 bits per heavy atom. The standard InChI is InChI=1S/C14H30N2/c1-5-14(6-2,7-3)15-12-13-10-8-9-11-16(13)4/h13,15H,5-12H2,1-4H3. The number of nitrogens with zero attached hydrogens (tertiary/aromatic N) is 1. The predicted molar refractivity (Wildman–Crippen MR) is 71.9 cm³/mol. The zero-order valence-electron chi connectivity index (χ0n) is 11.7. The average Bonchev–Trinajstić information content (AvgIpc) is 2.34. The third-order valence-corrected chi connectivity index (χ3v) is 4.66. The van der Waals surface area contributed by atoms with E-state index >= 15 is 0 Å². The first-order chi connectivity index (χ1) is 7.67. The third-order valence-electron chi connectivity index (χ3n) is 4.66. The van der Waals surface area contributed by atoms with Crippen LogP contribution in [0.1, 0.15) is 59.3 Å². The molecular weight excluding hydrogens is 196 g/mol. The van der Waals surface area contributed by atoms with Gasteiger partial charge in [-0.05, 0) is 45.7 Å². The fourth-order valence-electron chi connectivity index (χ4n) is 2.86. The number of likely N-dealkylation sites (N-methyl/N-ethyl adjacent to an activating group) is 1. The van der Waals surface area contributed by atoms with E-state index in [-0.39, 0.29) is 0 Å². The second-order valence-electron chi connectivity index (χ2n) is 5.35. The van der Waals surface area contributed by atoms with E-state index in [1.54, 1.807) is 0 Å². The third kappa shape index (κ3) is 3.46. The van der Waals surface area contributed by atoms with Crippen LogP contribution in [-0.4, -0.2) is 36.6 Å². The largest absolute Gasteiger partial charge is 0.310 e. The summed E-state index contributed by atoms with van der Waals surface area (Å²) in [5.41, 5.74) is 0.387. The highest BCUT2D eigenvalue weighted by Gasteiger charge is 2.26. The highest BCUT2D eigenvalue weighted by molar-refractivity contribution is 4.87. The van der Waals surface area contributed by atoms with Gasteiger partial charge in [-0.3, -0.25) is 0 Å². The van der Waals surface area contributed by atoms with Crippen LogP contribution in [0, 0.1) is 0 Å². The smallest absolute Gasteiger partial charge is 0.0217 e. The van der Waals surface area contributed by atoms with E-state index in [2.05, 4.69) is 38.0 Å². The molecule has 96 valence electrons. The fraction of sp³-hybridized carbons (Fsp3) is 1.00. The van der Waals surface area contributed by atoms with Crippen LogP contribution in [0.3, 0.4) is 0 Å². The lowest BCUT2D eigenvalue weighted by atomic mass is 9.89. The van der Waals surface area contributed by atoms with Crippen molar-refractivity contribution in [2.75, 3.05) is 20.1 Å². The minimum atomic E-state index is 0.387. The summed E-state index contributed by atoms with van der Waals surface area (Å²) in [5.74, 6) is 0. The van der Waals surface area contributed by atoms with Gasteiger partial charge >= 0.3 is 0 Å². The van der Waals surface area contributed by atoms with Crippen LogP contribution in [0.4, 0.5) is 0 Å². The molecule has 1 aliphatic heterocycles. The molecule has 0 saturated carbocycles. The molecule has 0 aromatic rings. The normalized spacial score (nSPS) is 23.6. The molecule has 2 nitrogen and oxygen atoms in total. The summed E-state index contributed by atoms with van der Waals surface area (Å²) in [5, 5.41) is 3.84. The Labute approximate surface area is 102 Å². The first kappa shape index (κ1) is 14.0. The number of nitrogens with one attached hydrogen (secondary N) is 1. The quantitative estimate of drug-likeness (QED) is 0.749. The van der Waals surface area contributed by atoms with Crippen LogP contribution in [0.15, 0.2) is 0 Å². The number of hydrogen-bond donors (Lipinski definition) is 1. The van der Waals surface area contributed by atoms with Gasteiger partial charge in [0, 0.05) is 18.1 Å². The first-order valence-electron chi connectivity index (χ1n) is 7.12. The number of piperidine rings is 1. The van der Waals surface area contributed by atoms with Crippen molar-refractivity contribution < 1.29 is 0 Å². The summed E-state index contributed by atoms with van der Waals surface area (Å²) in [7, 11) is 2.27. The van der Waals surface area contributed by atoms with E-state index in [1.165, 1.54) is 51.6 Å². The lowest BCUT2D eigenvalue weighted by Gasteiger charge is -2.38. The summed E-state index contributed by atoms with van der Waals surface area (Å²) in [6, 6.07) is 0.762. The van der Waals surface area contributed by atoms with Crippen LogP contribution in [0.5, 0.6) is 0 Å². The zero-order chi connectivity index (χ0) is 12.0. The van der Waals surface area contributed by atoms with E-state index in [0.717, 1.165) is 6.04 Å². The molecule has 1 aliphatic rings. The van der Waals surface area contributed by atoms with Gasteiger partial charge in [0.05, 0.1) is 0 Å². The van der Waals surface area contributed by atoms with Crippen molar-refractivity contribution in [3.8, 4) is 0 Å². The van der Waals surface area contributed by atoms with Gasteiger partial charge < -0.3 is 10.2 Å². The maximum absolute atomic E-state index is 3.84. The molecule has 0 bridgehead atoms. The molecule has 16 heavy (non-hydrogen) atoms. The van der Waals surface area contributed by atoms with E-state index < -0.39 is 0 Å². The van der Waals surface area contributed by atoms with E-state index in [0.29, 0.717) is 5.54 Å². The highest BCUT2D eigenvalue weighted by atomic mass is 15.2. The molecular formula is C14H30N2. The van der Waals surface area contributed by atoms with Gasteiger partial charge in [-0.15, -0.1) is 0 Å². The molecule has 0 aromatic heterocycles. The Kier molecular flexibility index (Phi) is 5.77. The summed E-state index contributed by atoms with van der Waals surface area (Å²) < 4.78 is 0. The second kappa shape index (κ2) is 6.61. The van der Waals surface area contributed by atoms with Gasteiger partial charge in [0.25, 0.3) is 0 Å². The molecule has 1 saturated heterocycles. The molecule has 1 fully saturated rings. The molecule has 1 heterocycles. The minimum absolute atomic E-state index is 0.387. The Hall–Kier alpha value is -0.0800. The van der Waals surface area contributed by atoms with E-state index in [1.807, 2.05) is 0 Å². The van der Waals surface area contributed by atoms with E-state index in [4.69, 9.17) is 0 Å². The van der Waals surface area contributed by atoms with Crippen molar-refractivity contribution in [1.82, 2.24) is 10.2 Å². The molecule has 1 N–H and O–H groups in total. The molecule has 0 spiro atoms. The predicted octanol–water partition coefficient (Wildman–Crippen LogP) is 3.03. The van der Waals surface area contributed by atoms with E-state index in [9.17, 15) is 0 Å². The van der Waals surface area contributed by atoms with Crippen molar-refractivity contribution in [1.29, 1.82) is 0 Å². The van der Waals surface area contributed by atoms with Crippen LogP contribution in [0.25, 0.3) is 0 Å². The molecule has 0 radical (unpaired) electrons. The Bertz CT molecular complexity index is 179. The lowest BCUT2D eigenvalue weighted by molar-refractivity contribution is 0.161. The van der Waals surface area contributed by atoms with Crippen molar-refractivity contribution in [2.45, 2.75) is 70.9 Å². The van der Waals surface area contributed by atoms with Gasteiger partial charge in [-0.1, -0.05) is 27.2 Å². The summed E-state index contributed by atoms with van der Waals surface area (Å²) in [6.45, 7) is 9.38. The zero-order valence-corrected chi connectivity index (χ0v) is 11.7. The van der Waals surface area contributed by atoms with Gasteiger partial charge in [0.2, 0.25) is 0 Å². The molecule has 1 atom stereocenters.